The lowest BCUT2D eigenvalue weighted by atomic mass is 9.87. The molecule has 0 aliphatic heterocycles. The van der Waals surface area contributed by atoms with Crippen LogP contribution in [0.1, 0.15) is 54.4 Å². The van der Waals surface area contributed by atoms with Gasteiger partial charge in [-0.1, -0.05) is 109 Å². The summed E-state index contributed by atoms with van der Waals surface area (Å²) in [5, 5.41) is -0.142. The molecule has 5 nitrogen and oxygen atoms in total. The molecule has 9 heteroatoms. The van der Waals surface area contributed by atoms with E-state index in [0.29, 0.717) is 20.6 Å². The zero-order valence-electron chi connectivity index (χ0n) is 23.9. The maximum Gasteiger partial charge on any atom is 0.339 e. The lowest BCUT2D eigenvalue weighted by molar-refractivity contribution is 0.0474. The van der Waals surface area contributed by atoms with Gasteiger partial charge in [0.1, 0.15) is 4.90 Å². The molecule has 0 amide bonds. The zero-order valence-corrected chi connectivity index (χ0v) is 27.0. The minimum atomic E-state index is -4.57. The average Bonchev–Trinajstić information content (AvgIpc) is 3.01. The van der Waals surface area contributed by atoms with Crippen LogP contribution in [0.15, 0.2) is 117 Å². The van der Waals surface area contributed by atoms with Gasteiger partial charge in [-0.2, -0.15) is 8.42 Å². The lowest BCUT2D eigenvalue weighted by Gasteiger charge is -2.39. The molecule has 0 unspecified atom stereocenters. The Morgan fingerprint density at radius 3 is 1.91 bits per heavy atom. The van der Waals surface area contributed by atoms with Crippen LogP contribution >= 0.6 is 33.5 Å². The van der Waals surface area contributed by atoms with Gasteiger partial charge in [0.15, 0.2) is 0 Å². The van der Waals surface area contributed by atoms with Crippen molar-refractivity contribution in [1.29, 1.82) is 0 Å². The third-order valence-electron chi connectivity index (χ3n) is 7.69. The number of halogens is 2. The van der Waals surface area contributed by atoms with Crippen molar-refractivity contribution >= 4 is 49.6 Å². The van der Waals surface area contributed by atoms with E-state index in [-0.39, 0.29) is 27.1 Å². The number of rotatable bonds is 10. The summed E-state index contributed by atoms with van der Waals surface area (Å²) in [6.07, 6.45) is 6.67. The molecule has 0 bridgehead atoms. The van der Waals surface area contributed by atoms with Gasteiger partial charge in [-0.15, -0.1) is 0 Å². The quantitative estimate of drug-likeness (QED) is 0.159. The summed E-state index contributed by atoms with van der Waals surface area (Å²) in [4.78, 5) is 14.8. The van der Waals surface area contributed by atoms with Gasteiger partial charge in [-0.25, -0.2) is 8.42 Å². The fourth-order valence-corrected chi connectivity index (χ4v) is 11.4. The highest BCUT2D eigenvalue weighted by atomic mass is 35.5. The van der Waals surface area contributed by atoms with E-state index in [2.05, 4.69) is 0 Å². The van der Waals surface area contributed by atoms with Crippen LogP contribution in [-0.2, 0) is 18.5 Å². The minimum Gasteiger partial charge on any atom is -0.462 e. The first-order valence-electron chi connectivity index (χ1n) is 14.3. The fraction of sp³-hybridized carbons (Fsp3) is 0.265. The second-order valence-electron chi connectivity index (χ2n) is 10.7. The van der Waals surface area contributed by atoms with E-state index in [1.54, 1.807) is 0 Å². The van der Waals surface area contributed by atoms with Crippen molar-refractivity contribution in [2.24, 2.45) is 5.92 Å². The number of hydrogen-bond donors (Lipinski definition) is 0. The van der Waals surface area contributed by atoms with Crippen molar-refractivity contribution in [1.82, 2.24) is 0 Å². The summed E-state index contributed by atoms with van der Waals surface area (Å²) in [5.41, 5.74) is 0.945. The predicted molar refractivity (Wildman–Crippen MR) is 173 cm³/mol. The first-order valence-corrected chi connectivity index (χ1v) is 18.1. The van der Waals surface area contributed by atoms with Crippen LogP contribution in [0, 0.1) is 12.8 Å². The van der Waals surface area contributed by atoms with Crippen molar-refractivity contribution in [2.45, 2.75) is 65.0 Å². The molecule has 1 saturated carbocycles. The molecule has 0 aromatic heterocycles. The van der Waals surface area contributed by atoms with Crippen molar-refractivity contribution in [2.75, 3.05) is 6.61 Å². The normalized spacial score (nSPS) is 14.8. The van der Waals surface area contributed by atoms with Gasteiger partial charge in [0, 0.05) is 14.7 Å². The summed E-state index contributed by atoms with van der Waals surface area (Å²) in [6.45, 7) is 2.20. The molecular weight excluding hydrogens is 623 g/mol. The highest BCUT2D eigenvalue weighted by molar-refractivity contribution is 8.33. The number of aryl methyl sites for hydroxylation is 1. The van der Waals surface area contributed by atoms with E-state index in [1.165, 1.54) is 25.3 Å². The smallest absolute Gasteiger partial charge is 0.339 e. The highest BCUT2D eigenvalue weighted by Gasteiger charge is 2.39. The standard InChI is InChI=1S/C34H34Cl2O5S2/c1-25-17-19-29(20-18-25)42(27-13-7-3-8-14-27,28-15-9-4-10-16-28)41-43(38,39)33-23-30(31(35)24-32(33)36)34(37)40-22-21-26-11-5-2-6-12-26/h3-4,7-10,13-20,23-24,26H,2,5-6,11-12,21-22H2,1H3. The predicted octanol–water partition coefficient (Wildman–Crippen LogP) is 10.0. The summed E-state index contributed by atoms with van der Waals surface area (Å²) >= 11 is 12.9. The molecule has 4 aromatic carbocycles. The first kappa shape index (κ1) is 31.6. The van der Waals surface area contributed by atoms with E-state index in [1.807, 2.05) is 91.9 Å². The Morgan fingerprint density at radius 1 is 0.767 bits per heavy atom. The monoisotopic (exact) mass is 656 g/mol. The largest absolute Gasteiger partial charge is 0.462 e. The molecule has 0 heterocycles. The summed E-state index contributed by atoms with van der Waals surface area (Å²) in [6, 6.07) is 28.6. The number of carbonyl (C=O) groups excluding carboxylic acids is 1. The average molecular weight is 658 g/mol. The number of ether oxygens (including phenoxy) is 1. The van der Waals surface area contributed by atoms with Gasteiger partial charge in [-0.3, -0.25) is 0 Å². The number of esters is 1. The van der Waals surface area contributed by atoms with Gasteiger partial charge in [0.2, 0.25) is 0 Å². The summed E-state index contributed by atoms with van der Waals surface area (Å²) in [7, 11) is -7.41. The summed E-state index contributed by atoms with van der Waals surface area (Å²) < 4.78 is 40.5. The molecule has 0 N–H and O–H groups in total. The molecule has 0 radical (unpaired) electrons. The minimum absolute atomic E-state index is 0.00915. The van der Waals surface area contributed by atoms with Crippen molar-refractivity contribution in [3.63, 3.8) is 0 Å². The Morgan fingerprint density at radius 2 is 1.33 bits per heavy atom. The van der Waals surface area contributed by atoms with Crippen molar-refractivity contribution < 1.29 is 21.6 Å². The number of benzene rings is 4. The van der Waals surface area contributed by atoms with Crippen LogP contribution in [0.2, 0.25) is 10.0 Å². The Bertz CT molecular complexity index is 1620. The summed E-state index contributed by atoms with van der Waals surface area (Å²) in [5.74, 6) is -0.169. The van der Waals surface area contributed by atoms with Crippen LogP contribution in [0.3, 0.4) is 0 Å². The molecule has 5 rings (SSSR count). The molecule has 0 saturated heterocycles. The second-order valence-corrected chi connectivity index (χ2v) is 15.9. The molecule has 4 aromatic rings. The molecule has 43 heavy (non-hydrogen) atoms. The van der Waals surface area contributed by atoms with Crippen LogP contribution in [0.25, 0.3) is 0 Å². The Labute approximate surface area is 265 Å². The zero-order chi connectivity index (χ0) is 30.5. The maximum absolute atomic E-state index is 14.3. The molecular formula is C34H34Cl2O5S2. The molecule has 1 aliphatic carbocycles. The third kappa shape index (κ3) is 7.13. The van der Waals surface area contributed by atoms with Gasteiger partial charge >= 0.3 is 16.1 Å². The van der Waals surface area contributed by atoms with Crippen LogP contribution in [-0.4, -0.2) is 21.0 Å². The van der Waals surface area contributed by atoms with Crippen LogP contribution < -0.4 is 0 Å². The van der Waals surface area contributed by atoms with Gasteiger partial charge in [0.25, 0.3) is 0 Å². The SMILES string of the molecule is Cc1ccc(S(OS(=O)(=O)c2cc(C(=O)OCCC3CCCCC3)c(Cl)cc2Cl)(c2ccccc2)c2ccccc2)cc1. The van der Waals surface area contributed by atoms with Gasteiger partial charge in [-0.05, 0) is 78.1 Å². The maximum atomic E-state index is 14.3. The second kappa shape index (κ2) is 13.9. The van der Waals surface area contributed by atoms with Gasteiger partial charge in [0.05, 0.1) is 22.2 Å². The first-order chi connectivity index (χ1) is 20.7. The number of carbonyl (C=O) groups is 1. The number of hydrogen-bond acceptors (Lipinski definition) is 5. The van der Waals surface area contributed by atoms with Crippen LogP contribution in [0.5, 0.6) is 0 Å². The topological polar surface area (TPSA) is 69.7 Å². The Hall–Kier alpha value is -2.81. The highest BCUT2D eigenvalue weighted by Crippen LogP contribution is 2.70. The van der Waals surface area contributed by atoms with Crippen molar-refractivity contribution in [3.8, 4) is 0 Å². The molecule has 0 atom stereocenters. The van der Waals surface area contributed by atoms with E-state index in [9.17, 15) is 13.2 Å². The Balaban J connectivity index is 1.55. The van der Waals surface area contributed by atoms with E-state index >= 15 is 0 Å². The molecule has 226 valence electrons. The Kier molecular flexibility index (Phi) is 10.2. The van der Waals surface area contributed by atoms with E-state index < -0.39 is 26.4 Å². The van der Waals surface area contributed by atoms with Crippen LogP contribution in [0.4, 0.5) is 0 Å². The molecule has 0 spiro atoms. The molecule has 1 aliphatic rings. The fourth-order valence-electron chi connectivity index (χ4n) is 5.40. The van der Waals surface area contributed by atoms with Gasteiger partial charge < -0.3 is 4.74 Å². The third-order valence-corrected chi connectivity index (χ3v) is 13.6. The van der Waals surface area contributed by atoms with Crippen molar-refractivity contribution in [3.05, 3.63) is 118 Å². The van der Waals surface area contributed by atoms with E-state index in [0.717, 1.165) is 30.9 Å². The van der Waals surface area contributed by atoms with E-state index in [4.69, 9.17) is 31.6 Å². The lowest BCUT2D eigenvalue weighted by Crippen LogP contribution is -2.16. The molecule has 1 fully saturated rings.